The molecule has 1 atom stereocenters. The second-order valence-corrected chi connectivity index (χ2v) is 6.91. The Morgan fingerprint density at radius 2 is 2.06 bits per heavy atom. The monoisotopic (exact) mass is 274 g/mol. The second kappa shape index (κ2) is 6.23. The maximum Gasteiger partial charge on any atom is 0.0417 e. The van der Waals surface area contributed by atoms with Gasteiger partial charge in [-0.1, -0.05) is 38.4 Å². The van der Waals surface area contributed by atoms with Crippen molar-refractivity contribution in [1.82, 2.24) is 0 Å². The molecule has 0 nitrogen and oxygen atoms in total. The van der Waals surface area contributed by atoms with Crippen LogP contribution >= 0.6 is 36.0 Å². The van der Waals surface area contributed by atoms with E-state index < -0.39 is 0 Å². The van der Waals surface area contributed by atoms with Gasteiger partial charge >= 0.3 is 0 Å². The summed E-state index contributed by atoms with van der Waals surface area (Å²) >= 11 is 12.3. The number of hydrogen-bond donors (Lipinski definition) is 1. The Balaban J connectivity index is 2.56. The molecule has 1 rings (SSSR count). The first kappa shape index (κ1) is 14.3. The van der Waals surface area contributed by atoms with E-state index in [1.54, 1.807) is 0 Å². The summed E-state index contributed by atoms with van der Waals surface area (Å²) in [6, 6.07) is 8.03. The highest BCUT2D eigenvalue weighted by Crippen LogP contribution is 2.32. The van der Waals surface area contributed by atoms with Gasteiger partial charge in [-0.05, 0) is 35.3 Å². The van der Waals surface area contributed by atoms with Crippen LogP contribution in [0.4, 0.5) is 0 Å². The van der Waals surface area contributed by atoms with Crippen molar-refractivity contribution >= 4 is 36.0 Å². The summed E-state index contributed by atoms with van der Waals surface area (Å²) in [5.41, 5.74) is 0.313. The first-order valence-electron chi connectivity index (χ1n) is 5.42. The predicted octanol–water partition coefficient (Wildman–Crippen LogP) is 5.02. The zero-order valence-corrected chi connectivity index (χ0v) is 12.5. The molecule has 0 amide bonds. The molecule has 0 aromatic heterocycles. The van der Waals surface area contributed by atoms with E-state index in [-0.39, 0.29) is 0 Å². The summed E-state index contributed by atoms with van der Waals surface area (Å²) in [5, 5.41) is 0.809. The molecule has 0 fully saturated rings. The van der Waals surface area contributed by atoms with Crippen LogP contribution in [0.3, 0.4) is 0 Å². The van der Waals surface area contributed by atoms with Crippen LogP contribution in [0.15, 0.2) is 29.2 Å². The topological polar surface area (TPSA) is 0 Å². The molecule has 0 aliphatic heterocycles. The van der Waals surface area contributed by atoms with E-state index in [2.05, 4.69) is 39.5 Å². The van der Waals surface area contributed by atoms with Crippen molar-refractivity contribution in [1.29, 1.82) is 0 Å². The van der Waals surface area contributed by atoms with Crippen molar-refractivity contribution in [2.24, 2.45) is 11.3 Å². The first-order valence-corrected chi connectivity index (χ1v) is 7.42. The molecule has 16 heavy (non-hydrogen) atoms. The normalized spacial score (nSPS) is 13.8. The van der Waals surface area contributed by atoms with Gasteiger partial charge in [0.05, 0.1) is 0 Å². The minimum atomic E-state index is 0.313. The maximum absolute atomic E-state index is 5.96. The van der Waals surface area contributed by atoms with Gasteiger partial charge in [0.25, 0.3) is 0 Å². The molecule has 1 aromatic rings. The lowest BCUT2D eigenvalue weighted by molar-refractivity contribution is 0.294. The van der Waals surface area contributed by atoms with Crippen molar-refractivity contribution in [2.75, 3.05) is 11.5 Å². The lowest BCUT2D eigenvalue weighted by Gasteiger charge is -2.29. The van der Waals surface area contributed by atoms with Crippen molar-refractivity contribution in [2.45, 2.75) is 25.7 Å². The summed E-state index contributed by atoms with van der Waals surface area (Å²) in [6.45, 7) is 6.81. The van der Waals surface area contributed by atoms with E-state index in [1.165, 1.54) is 4.90 Å². The predicted molar refractivity (Wildman–Crippen MR) is 79.0 cm³/mol. The fourth-order valence-corrected chi connectivity index (χ4v) is 3.83. The lowest BCUT2D eigenvalue weighted by atomic mass is 9.83. The molecule has 0 saturated heterocycles. The molecule has 0 N–H and O–H groups in total. The van der Waals surface area contributed by atoms with Gasteiger partial charge in [0.1, 0.15) is 0 Å². The average Bonchev–Trinajstić information content (AvgIpc) is 2.16. The van der Waals surface area contributed by atoms with Crippen molar-refractivity contribution in [3.63, 3.8) is 0 Å². The number of hydrogen-bond acceptors (Lipinski definition) is 2. The molecule has 90 valence electrons. The summed E-state index contributed by atoms with van der Waals surface area (Å²) in [4.78, 5) is 1.24. The molecular weight excluding hydrogens is 256 g/mol. The molecule has 1 unspecified atom stereocenters. The Morgan fingerprint density at radius 3 is 2.56 bits per heavy atom. The van der Waals surface area contributed by atoms with Crippen LogP contribution in [-0.2, 0) is 0 Å². The molecular formula is C13H19ClS2. The number of benzene rings is 1. The first-order chi connectivity index (χ1) is 7.43. The van der Waals surface area contributed by atoms with E-state index in [4.69, 9.17) is 11.6 Å². The summed E-state index contributed by atoms with van der Waals surface area (Å²) in [5.74, 6) is 2.63. The van der Waals surface area contributed by atoms with Gasteiger partial charge in [-0.3, -0.25) is 0 Å². The Labute approximate surface area is 114 Å². The van der Waals surface area contributed by atoms with Gasteiger partial charge in [0.2, 0.25) is 0 Å². The van der Waals surface area contributed by atoms with Crippen LogP contribution in [0.2, 0.25) is 5.02 Å². The molecule has 0 aliphatic carbocycles. The molecule has 3 heteroatoms. The summed E-state index contributed by atoms with van der Waals surface area (Å²) in [6.07, 6.45) is 0. The standard InChI is InChI=1S/C13H19ClS2/c1-13(2,3)10(8-15)9-16-12-6-4-5-11(14)7-12/h4-7,10,15H,8-9H2,1-3H3. The number of halogens is 1. The minimum absolute atomic E-state index is 0.313. The van der Waals surface area contributed by atoms with Crippen molar-refractivity contribution < 1.29 is 0 Å². The molecule has 0 aliphatic rings. The Morgan fingerprint density at radius 1 is 1.38 bits per heavy atom. The summed E-state index contributed by atoms with van der Waals surface area (Å²) < 4.78 is 0. The number of thioether (sulfide) groups is 1. The second-order valence-electron chi connectivity index (χ2n) is 5.01. The molecule has 1 aromatic carbocycles. The molecule has 0 bridgehead atoms. The van der Waals surface area contributed by atoms with Gasteiger partial charge in [-0.2, -0.15) is 12.6 Å². The fourth-order valence-electron chi connectivity index (χ4n) is 1.33. The third-order valence-electron chi connectivity index (χ3n) is 2.69. The zero-order chi connectivity index (χ0) is 12.2. The quantitative estimate of drug-likeness (QED) is 0.594. The van der Waals surface area contributed by atoms with Crippen LogP contribution in [0.1, 0.15) is 20.8 Å². The number of thiol groups is 1. The van der Waals surface area contributed by atoms with Gasteiger partial charge in [0, 0.05) is 15.7 Å². The minimum Gasteiger partial charge on any atom is -0.179 e. The van der Waals surface area contributed by atoms with Crippen molar-refractivity contribution in [3.05, 3.63) is 29.3 Å². The van der Waals surface area contributed by atoms with Crippen LogP contribution in [0.25, 0.3) is 0 Å². The van der Waals surface area contributed by atoms with Gasteiger partial charge in [-0.15, -0.1) is 11.8 Å². The highest BCUT2D eigenvalue weighted by Gasteiger charge is 2.23. The van der Waals surface area contributed by atoms with Crippen LogP contribution < -0.4 is 0 Å². The van der Waals surface area contributed by atoms with Crippen LogP contribution in [0.5, 0.6) is 0 Å². The maximum atomic E-state index is 5.96. The highest BCUT2D eigenvalue weighted by atomic mass is 35.5. The zero-order valence-electron chi connectivity index (χ0n) is 10.0. The van der Waals surface area contributed by atoms with Gasteiger partial charge in [-0.25, -0.2) is 0 Å². The fraction of sp³-hybridized carbons (Fsp3) is 0.538. The van der Waals surface area contributed by atoms with E-state index in [0.717, 1.165) is 16.5 Å². The molecule has 0 heterocycles. The number of rotatable bonds is 4. The molecule has 0 saturated carbocycles. The van der Waals surface area contributed by atoms with Gasteiger partial charge in [0.15, 0.2) is 0 Å². The van der Waals surface area contributed by atoms with Crippen molar-refractivity contribution in [3.8, 4) is 0 Å². The van der Waals surface area contributed by atoms with E-state index in [1.807, 2.05) is 30.0 Å². The largest absolute Gasteiger partial charge is 0.179 e. The smallest absolute Gasteiger partial charge is 0.0417 e. The third kappa shape index (κ3) is 4.60. The van der Waals surface area contributed by atoms with E-state index >= 15 is 0 Å². The summed E-state index contributed by atoms with van der Waals surface area (Å²) in [7, 11) is 0. The average molecular weight is 275 g/mol. The SMILES string of the molecule is CC(C)(C)C(CS)CSc1cccc(Cl)c1. The highest BCUT2D eigenvalue weighted by molar-refractivity contribution is 7.99. The van der Waals surface area contributed by atoms with E-state index in [9.17, 15) is 0 Å². The Kier molecular flexibility index (Phi) is 5.55. The van der Waals surface area contributed by atoms with E-state index in [0.29, 0.717) is 11.3 Å². The molecule has 0 spiro atoms. The van der Waals surface area contributed by atoms with Crippen LogP contribution in [-0.4, -0.2) is 11.5 Å². The lowest BCUT2D eigenvalue weighted by Crippen LogP contribution is -2.24. The Hall–Kier alpha value is 0.210. The van der Waals surface area contributed by atoms with Gasteiger partial charge < -0.3 is 0 Å². The molecule has 0 radical (unpaired) electrons. The van der Waals surface area contributed by atoms with Crippen LogP contribution in [0, 0.1) is 11.3 Å². The Bertz CT molecular complexity index is 331. The third-order valence-corrected chi connectivity index (χ3v) is 4.52.